The van der Waals surface area contributed by atoms with Gasteiger partial charge in [-0.05, 0) is 36.8 Å². The van der Waals surface area contributed by atoms with E-state index < -0.39 is 0 Å². The lowest BCUT2D eigenvalue weighted by Gasteiger charge is -2.13. The number of amides is 1. The molecule has 1 amide bonds. The summed E-state index contributed by atoms with van der Waals surface area (Å²) in [6.07, 6.45) is 3.37. The van der Waals surface area contributed by atoms with Crippen molar-refractivity contribution in [2.75, 3.05) is 20.3 Å². The molecule has 1 aliphatic rings. The molecule has 0 N–H and O–H groups in total. The molecule has 31 heavy (non-hydrogen) atoms. The lowest BCUT2D eigenvalue weighted by atomic mass is 10.2. The summed E-state index contributed by atoms with van der Waals surface area (Å²) in [6.45, 7) is 2.67. The topological polar surface area (TPSA) is 63.9 Å². The van der Waals surface area contributed by atoms with Crippen LogP contribution in [0.2, 0.25) is 0 Å². The minimum Gasteiger partial charge on any atom is -0.383 e. The maximum Gasteiger partial charge on any atom is 0.266 e. The van der Waals surface area contributed by atoms with Crippen LogP contribution in [-0.2, 0) is 9.53 Å². The van der Waals surface area contributed by atoms with Gasteiger partial charge in [0.05, 0.1) is 23.6 Å². The average Bonchev–Trinajstić information content (AvgIpc) is 3.03. The van der Waals surface area contributed by atoms with Crippen molar-refractivity contribution >= 4 is 57.7 Å². The van der Waals surface area contributed by atoms with Crippen molar-refractivity contribution in [3.05, 3.63) is 75.0 Å². The molecule has 158 valence electrons. The average molecular weight is 470 g/mol. The zero-order valence-electron chi connectivity index (χ0n) is 16.9. The Morgan fingerprint density at radius 2 is 1.97 bits per heavy atom. The Morgan fingerprint density at radius 1 is 1.19 bits per heavy atom. The SMILES string of the molecule is COCCN1C(=O)C(=Cc2c(Sc3ccccc3)nc3ccc(C)cn3c2=O)SC1=S. The third-order valence-corrected chi connectivity index (χ3v) is 6.99. The van der Waals surface area contributed by atoms with Crippen LogP contribution in [0.5, 0.6) is 0 Å². The molecule has 0 unspecified atom stereocenters. The number of hydrogen-bond donors (Lipinski definition) is 0. The normalized spacial score (nSPS) is 15.4. The molecule has 0 atom stereocenters. The number of hydrogen-bond acceptors (Lipinski definition) is 7. The first-order valence-corrected chi connectivity index (χ1v) is 11.5. The van der Waals surface area contributed by atoms with Crippen LogP contribution in [0.3, 0.4) is 0 Å². The van der Waals surface area contributed by atoms with E-state index >= 15 is 0 Å². The third kappa shape index (κ3) is 4.59. The number of ether oxygens (including phenoxy) is 1. The summed E-state index contributed by atoms with van der Waals surface area (Å²) < 4.78 is 7.04. The highest BCUT2D eigenvalue weighted by molar-refractivity contribution is 8.26. The van der Waals surface area contributed by atoms with Crippen molar-refractivity contribution in [3.63, 3.8) is 0 Å². The predicted octanol–water partition coefficient (Wildman–Crippen LogP) is 4.00. The first kappa shape index (κ1) is 21.8. The zero-order chi connectivity index (χ0) is 22.0. The smallest absolute Gasteiger partial charge is 0.266 e. The molecule has 9 heteroatoms. The van der Waals surface area contributed by atoms with Gasteiger partial charge in [-0.2, -0.15) is 0 Å². The Morgan fingerprint density at radius 3 is 2.71 bits per heavy atom. The number of rotatable bonds is 6. The maximum atomic E-state index is 13.4. The molecule has 0 saturated carbocycles. The van der Waals surface area contributed by atoms with E-state index in [1.807, 2.05) is 49.4 Å². The van der Waals surface area contributed by atoms with Crippen molar-refractivity contribution in [1.29, 1.82) is 0 Å². The van der Waals surface area contributed by atoms with Crippen LogP contribution in [-0.4, -0.2) is 44.8 Å². The molecule has 3 heterocycles. The van der Waals surface area contributed by atoms with Crippen LogP contribution in [0.4, 0.5) is 0 Å². The van der Waals surface area contributed by atoms with Crippen LogP contribution < -0.4 is 5.56 Å². The number of methoxy groups -OCH3 is 1. The number of thiocarbonyl (C=S) groups is 1. The van der Waals surface area contributed by atoms with E-state index in [0.717, 1.165) is 10.5 Å². The van der Waals surface area contributed by atoms with Crippen LogP contribution in [0.1, 0.15) is 11.1 Å². The Bertz CT molecular complexity index is 1260. The quantitative estimate of drug-likeness (QED) is 0.307. The molecule has 1 fully saturated rings. The second-order valence-corrected chi connectivity index (χ2v) is 9.55. The molecule has 0 radical (unpaired) electrons. The molecular formula is C22H19N3O3S3. The Labute approximate surface area is 193 Å². The standard InChI is InChI=1S/C22H19N3O3S3/c1-14-8-9-18-23-19(30-15-6-4-3-5-7-15)16(20(26)25(18)13-14)12-17-21(27)24(10-11-28-2)22(29)31-17/h3-9,12-13H,10-11H2,1-2H3. The van der Waals surface area contributed by atoms with Crippen molar-refractivity contribution in [1.82, 2.24) is 14.3 Å². The first-order valence-electron chi connectivity index (χ1n) is 9.48. The lowest BCUT2D eigenvalue weighted by molar-refractivity contribution is -0.122. The molecule has 1 saturated heterocycles. The number of pyridine rings is 1. The number of thioether (sulfide) groups is 1. The highest BCUT2D eigenvalue weighted by Gasteiger charge is 2.32. The molecule has 0 bridgehead atoms. The van der Waals surface area contributed by atoms with Gasteiger partial charge in [0, 0.05) is 18.2 Å². The van der Waals surface area contributed by atoms with Gasteiger partial charge in [-0.25, -0.2) is 4.98 Å². The van der Waals surface area contributed by atoms with E-state index in [1.165, 1.54) is 32.8 Å². The van der Waals surface area contributed by atoms with Gasteiger partial charge in [-0.1, -0.05) is 60.0 Å². The zero-order valence-corrected chi connectivity index (χ0v) is 19.4. The summed E-state index contributed by atoms with van der Waals surface area (Å²) in [6, 6.07) is 13.4. The fraction of sp³-hybridized carbons (Fsp3) is 0.182. The summed E-state index contributed by atoms with van der Waals surface area (Å²) in [5.74, 6) is -0.226. The fourth-order valence-electron chi connectivity index (χ4n) is 3.05. The molecular weight excluding hydrogens is 450 g/mol. The second kappa shape index (κ2) is 9.35. The highest BCUT2D eigenvalue weighted by Crippen LogP contribution is 2.34. The summed E-state index contributed by atoms with van der Waals surface area (Å²) in [5.41, 5.74) is 1.63. The lowest BCUT2D eigenvalue weighted by Crippen LogP contribution is -2.31. The van der Waals surface area contributed by atoms with Crippen LogP contribution in [0.15, 0.2) is 68.3 Å². The highest BCUT2D eigenvalue weighted by atomic mass is 32.2. The van der Waals surface area contributed by atoms with Gasteiger partial charge in [-0.15, -0.1) is 0 Å². The number of carbonyl (C=O) groups excluding carboxylic acids is 1. The number of aromatic nitrogens is 2. The molecule has 2 aromatic heterocycles. The molecule has 1 aliphatic heterocycles. The van der Waals surface area contributed by atoms with Gasteiger partial charge >= 0.3 is 0 Å². The number of nitrogens with zero attached hydrogens (tertiary/aromatic N) is 3. The second-order valence-electron chi connectivity index (χ2n) is 6.81. The Balaban J connectivity index is 1.83. The number of benzene rings is 1. The monoisotopic (exact) mass is 469 g/mol. The first-order chi connectivity index (χ1) is 15.0. The number of aryl methyl sites for hydroxylation is 1. The van der Waals surface area contributed by atoms with Crippen LogP contribution >= 0.6 is 35.7 Å². The number of carbonyl (C=O) groups is 1. The molecule has 3 aromatic rings. The molecule has 1 aromatic carbocycles. The number of fused-ring (bicyclic) bond motifs is 1. The van der Waals surface area contributed by atoms with E-state index in [-0.39, 0.29) is 11.5 Å². The van der Waals surface area contributed by atoms with Crippen LogP contribution in [0, 0.1) is 6.92 Å². The van der Waals surface area contributed by atoms with Gasteiger partial charge in [0.1, 0.15) is 15.0 Å². The molecule has 4 rings (SSSR count). The minimum atomic E-state index is -0.228. The molecule has 6 nitrogen and oxygen atoms in total. The largest absolute Gasteiger partial charge is 0.383 e. The van der Waals surface area contributed by atoms with Crippen molar-refractivity contribution in [2.24, 2.45) is 0 Å². The van der Waals surface area contributed by atoms with Crippen LogP contribution in [0.25, 0.3) is 11.7 Å². The van der Waals surface area contributed by atoms with E-state index in [4.69, 9.17) is 21.9 Å². The maximum absolute atomic E-state index is 13.4. The van der Waals surface area contributed by atoms with E-state index in [0.29, 0.717) is 38.6 Å². The van der Waals surface area contributed by atoms with E-state index in [1.54, 1.807) is 19.4 Å². The van der Waals surface area contributed by atoms with Crippen molar-refractivity contribution in [3.8, 4) is 0 Å². The summed E-state index contributed by atoms with van der Waals surface area (Å²) in [7, 11) is 1.57. The van der Waals surface area contributed by atoms with E-state index in [9.17, 15) is 9.59 Å². The Kier molecular flexibility index (Phi) is 6.57. The Hall–Kier alpha value is -2.46. The van der Waals surface area contributed by atoms with Gasteiger partial charge in [0.2, 0.25) is 0 Å². The minimum absolute atomic E-state index is 0.226. The van der Waals surface area contributed by atoms with Gasteiger partial charge < -0.3 is 4.74 Å². The van der Waals surface area contributed by atoms with Gasteiger partial charge in [0.25, 0.3) is 11.5 Å². The van der Waals surface area contributed by atoms with E-state index in [2.05, 4.69) is 0 Å². The van der Waals surface area contributed by atoms with Gasteiger partial charge in [-0.3, -0.25) is 18.9 Å². The summed E-state index contributed by atoms with van der Waals surface area (Å²) in [5, 5.41) is 0.544. The van der Waals surface area contributed by atoms with Gasteiger partial charge in [0.15, 0.2) is 0 Å². The summed E-state index contributed by atoms with van der Waals surface area (Å²) >= 11 is 7.94. The van der Waals surface area contributed by atoms with Crippen molar-refractivity contribution in [2.45, 2.75) is 16.8 Å². The predicted molar refractivity (Wildman–Crippen MR) is 129 cm³/mol. The third-order valence-electron chi connectivity index (χ3n) is 4.60. The summed E-state index contributed by atoms with van der Waals surface area (Å²) in [4.78, 5) is 33.9. The molecule has 0 aliphatic carbocycles. The fourth-order valence-corrected chi connectivity index (χ4v) is 5.25. The van der Waals surface area contributed by atoms with Crippen molar-refractivity contribution < 1.29 is 9.53 Å². The molecule has 0 spiro atoms.